The Balaban J connectivity index is 2.05. The van der Waals surface area contributed by atoms with Crippen molar-refractivity contribution in [3.8, 4) is 0 Å². The Hall–Kier alpha value is -0.0800. The summed E-state index contributed by atoms with van der Waals surface area (Å²) >= 11 is 0. The van der Waals surface area contributed by atoms with Crippen LogP contribution in [-0.2, 0) is 4.74 Å². The highest BCUT2D eigenvalue weighted by molar-refractivity contribution is 4.65. The van der Waals surface area contributed by atoms with Crippen LogP contribution in [-0.4, -0.2) is 31.3 Å². The number of hydrogen-bond donors (Lipinski definition) is 0. The fourth-order valence-electron chi connectivity index (χ4n) is 1.83. The Bertz CT molecular complexity index is 127. The summed E-state index contributed by atoms with van der Waals surface area (Å²) in [7, 11) is 2.17. The molecule has 0 bridgehead atoms. The van der Waals surface area contributed by atoms with Crippen LogP contribution in [0.4, 0.5) is 0 Å². The molecular formula is C11H23NO. The van der Waals surface area contributed by atoms with E-state index in [0.29, 0.717) is 6.23 Å². The SMILES string of the molecule is CCCCCOC1CCCCN1C. The van der Waals surface area contributed by atoms with Crippen LogP contribution in [0.3, 0.4) is 0 Å². The highest BCUT2D eigenvalue weighted by Gasteiger charge is 2.18. The minimum atomic E-state index is 0.408. The first-order valence-electron chi connectivity index (χ1n) is 5.66. The standard InChI is InChI=1S/C11H23NO/c1-3-4-7-10-13-11-8-5-6-9-12(11)2/h11H,3-10H2,1-2H3. The number of unbranched alkanes of at least 4 members (excludes halogenated alkanes) is 2. The fourth-order valence-corrected chi connectivity index (χ4v) is 1.83. The van der Waals surface area contributed by atoms with Gasteiger partial charge in [-0.2, -0.15) is 0 Å². The van der Waals surface area contributed by atoms with Crippen molar-refractivity contribution in [3.05, 3.63) is 0 Å². The minimum Gasteiger partial charge on any atom is -0.363 e. The van der Waals surface area contributed by atoms with Gasteiger partial charge < -0.3 is 4.74 Å². The van der Waals surface area contributed by atoms with E-state index in [2.05, 4.69) is 18.9 Å². The number of ether oxygens (including phenoxy) is 1. The molecule has 1 fully saturated rings. The smallest absolute Gasteiger partial charge is 0.110 e. The summed E-state index contributed by atoms with van der Waals surface area (Å²) in [5.41, 5.74) is 0. The van der Waals surface area contributed by atoms with Crippen molar-refractivity contribution < 1.29 is 4.74 Å². The predicted molar refractivity (Wildman–Crippen MR) is 55.7 cm³/mol. The van der Waals surface area contributed by atoms with Crippen LogP contribution >= 0.6 is 0 Å². The van der Waals surface area contributed by atoms with E-state index in [9.17, 15) is 0 Å². The van der Waals surface area contributed by atoms with Crippen LogP contribution in [0.2, 0.25) is 0 Å². The van der Waals surface area contributed by atoms with Crippen molar-refractivity contribution in [1.82, 2.24) is 4.90 Å². The van der Waals surface area contributed by atoms with Crippen molar-refractivity contribution in [3.63, 3.8) is 0 Å². The second-order valence-corrected chi connectivity index (χ2v) is 4.01. The molecule has 2 nitrogen and oxygen atoms in total. The highest BCUT2D eigenvalue weighted by Crippen LogP contribution is 2.16. The zero-order chi connectivity index (χ0) is 9.52. The van der Waals surface area contributed by atoms with Gasteiger partial charge in [0.25, 0.3) is 0 Å². The van der Waals surface area contributed by atoms with Gasteiger partial charge in [-0.15, -0.1) is 0 Å². The molecule has 13 heavy (non-hydrogen) atoms. The van der Waals surface area contributed by atoms with Crippen LogP contribution in [0.5, 0.6) is 0 Å². The number of hydrogen-bond acceptors (Lipinski definition) is 2. The molecule has 1 aliphatic heterocycles. The lowest BCUT2D eigenvalue weighted by molar-refractivity contribution is -0.0683. The first-order valence-corrected chi connectivity index (χ1v) is 5.66. The second kappa shape index (κ2) is 6.39. The molecule has 1 atom stereocenters. The van der Waals surface area contributed by atoms with Crippen LogP contribution in [0.1, 0.15) is 45.4 Å². The molecular weight excluding hydrogens is 162 g/mol. The predicted octanol–water partition coefficient (Wildman–Crippen LogP) is 2.64. The van der Waals surface area contributed by atoms with Crippen LogP contribution < -0.4 is 0 Å². The molecule has 2 heteroatoms. The molecule has 0 aliphatic carbocycles. The number of rotatable bonds is 5. The van der Waals surface area contributed by atoms with Gasteiger partial charge in [-0.05, 0) is 32.7 Å². The average molecular weight is 185 g/mol. The van der Waals surface area contributed by atoms with Crippen molar-refractivity contribution in [2.24, 2.45) is 0 Å². The summed E-state index contributed by atoms with van der Waals surface area (Å²) in [5, 5.41) is 0. The normalized spacial score (nSPS) is 24.9. The van der Waals surface area contributed by atoms with Gasteiger partial charge in [0.05, 0.1) is 0 Å². The lowest BCUT2D eigenvalue weighted by Gasteiger charge is -2.32. The van der Waals surface area contributed by atoms with E-state index in [4.69, 9.17) is 4.74 Å². The molecule has 1 heterocycles. The summed E-state index contributed by atoms with van der Waals surface area (Å²) in [6, 6.07) is 0. The summed E-state index contributed by atoms with van der Waals surface area (Å²) < 4.78 is 5.82. The molecule has 0 radical (unpaired) electrons. The highest BCUT2D eigenvalue weighted by atomic mass is 16.5. The molecule has 1 rings (SSSR count). The quantitative estimate of drug-likeness (QED) is 0.610. The molecule has 0 N–H and O–H groups in total. The van der Waals surface area contributed by atoms with E-state index >= 15 is 0 Å². The Morgan fingerprint density at radius 3 is 2.85 bits per heavy atom. The van der Waals surface area contributed by atoms with Crippen molar-refractivity contribution in [1.29, 1.82) is 0 Å². The minimum absolute atomic E-state index is 0.408. The summed E-state index contributed by atoms with van der Waals surface area (Å²) in [6.07, 6.45) is 8.11. The third-order valence-corrected chi connectivity index (χ3v) is 2.76. The van der Waals surface area contributed by atoms with Gasteiger partial charge >= 0.3 is 0 Å². The Kier molecular flexibility index (Phi) is 5.40. The molecule has 0 aromatic carbocycles. The lowest BCUT2D eigenvalue weighted by atomic mass is 10.1. The molecule has 0 aromatic heterocycles. The Labute approximate surface area is 82.3 Å². The number of piperidine rings is 1. The fraction of sp³-hybridized carbons (Fsp3) is 1.00. The van der Waals surface area contributed by atoms with Crippen LogP contribution in [0.25, 0.3) is 0 Å². The van der Waals surface area contributed by atoms with E-state index in [1.54, 1.807) is 0 Å². The molecule has 0 amide bonds. The zero-order valence-electron chi connectivity index (χ0n) is 9.09. The van der Waals surface area contributed by atoms with Crippen LogP contribution in [0.15, 0.2) is 0 Å². The molecule has 78 valence electrons. The van der Waals surface area contributed by atoms with Crippen molar-refractivity contribution >= 4 is 0 Å². The molecule has 1 saturated heterocycles. The van der Waals surface area contributed by atoms with Gasteiger partial charge in [0, 0.05) is 13.2 Å². The molecule has 0 saturated carbocycles. The summed E-state index contributed by atoms with van der Waals surface area (Å²) in [5.74, 6) is 0. The van der Waals surface area contributed by atoms with Gasteiger partial charge in [0.15, 0.2) is 0 Å². The molecule has 1 unspecified atom stereocenters. The van der Waals surface area contributed by atoms with Gasteiger partial charge in [-0.25, -0.2) is 0 Å². The van der Waals surface area contributed by atoms with Crippen molar-refractivity contribution in [2.75, 3.05) is 20.2 Å². The first kappa shape index (κ1) is 11.0. The summed E-state index contributed by atoms with van der Waals surface area (Å²) in [6.45, 7) is 4.38. The summed E-state index contributed by atoms with van der Waals surface area (Å²) in [4.78, 5) is 2.34. The maximum Gasteiger partial charge on any atom is 0.110 e. The molecule has 0 spiro atoms. The Morgan fingerprint density at radius 1 is 1.31 bits per heavy atom. The molecule has 1 aliphatic rings. The maximum absolute atomic E-state index is 5.82. The van der Waals surface area contributed by atoms with E-state index in [1.807, 2.05) is 0 Å². The van der Waals surface area contributed by atoms with E-state index < -0.39 is 0 Å². The topological polar surface area (TPSA) is 12.5 Å². The van der Waals surface area contributed by atoms with Crippen LogP contribution in [0, 0.1) is 0 Å². The number of likely N-dealkylation sites (tertiary alicyclic amines) is 1. The average Bonchev–Trinajstić information content (AvgIpc) is 2.15. The van der Waals surface area contributed by atoms with E-state index in [-0.39, 0.29) is 0 Å². The first-order chi connectivity index (χ1) is 6.34. The third kappa shape index (κ3) is 4.10. The van der Waals surface area contributed by atoms with Gasteiger partial charge in [0.2, 0.25) is 0 Å². The van der Waals surface area contributed by atoms with E-state index in [0.717, 1.165) is 6.61 Å². The molecule has 0 aromatic rings. The van der Waals surface area contributed by atoms with E-state index in [1.165, 1.54) is 45.1 Å². The van der Waals surface area contributed by atoms with Gasteiger partial charge in [0.1, 0.15) is 6.23 Å². The zero-order valence-corrected chi connectivity index (χ0v) is 9.09. The third-order valence-electron chi connectivity index (χ3n) is 2.76. The Morgan fingerprint density at radius 2 is 2.15 bits per heavy atom. The van der Waals surface area contributed by atoms with Gasteiger partial charge in [-0.3, -0.25) is 4.90 Å². The van der Waals surface area contributed by atoms with Gasteiger partial charge in [-0.1, -0.05) is 19.8 Å². The largest absolute Gasteiger partial charge is 0.363 e. The maximum atomic E-state index is 5.82. The lowest BCUT2D eigenvalue weighted by Crippen LogP contribution is -2.38. The number of nitrogens with zero attached hydrogens (tertiary/aromatic N) is 1. The monoisotopic (exact) mass is 185 g/mol. The second-order valence-electron chi connectivity index (χ2n) is 4.01. The van der Waals surface area contributed by atoms with Crippen molar-refractivity contribution in [2.45, 2.75) is 51.7 Å².